The molecule has 0 saturated heterocycles. The quantitative estimate of drug-likeness (QED) is 0.814. The van der Waals surface area contributed by atoms with E-state index in [1.165, 1.54) is 11.3 Å². The fourth-order valence-electron chi connectivity index (χ4n) is 0.889. The SMILES string of the molecule is COC(=O)C(O)C(O)c1cc(Br)cs1. The van der Waals surface area contributed by atoms with Crippen LogP contribution in [0.15, 0.2) is 15.9 Å². The summed E-state index contributed by atoms with van der Waals surface area (Å²) in [5.41, 5.74) is 0. The molecule has 0 fully saturated rings. The highest BCUT2D eigenvalue weighted by molar-refractivity contribution is 9.10. The Morgan fingerprint density at radius 3 is 2.71 bits per heavy atom. The van der Waals surface area contributed by atoms with Crippen LogP contribution in [0.5, 0.6) is 0 Å². The van der Waals surface area contributed by atoms with E-state index in [2.05, 4.69) is 20.7 Å². The Morgan fingerprint density at radius 1 is 1.64 bits per heavy atom. The predicted octanol–water partition coefficient (Wildman–Crippen LogP) is 1.08. The zero-order chi connectivity index (χ0) is 10.7. The van der Waals surface area contributed by atoms with Crippen LogP contribution in [0, 0.1) is 0 Å². The molecular weight excluding hydrogens is 272 g/mol. The normalized spacial score (nSPS) is 14.9. The molecule has 0 aliphatic carbocycles. The lowest BCUT2D eigenvalue weighted by Crippen LogP contribution is -2.28. The first-order valence-electron chi connectivity index (χ1n) is 3.74. The van der Waals surface area contributed by atoms with E-state index >= 15 is 0 Å². The lowest BCUT2D eigenvalue weighted by atomic mass is 10.2. The van der Waals surface area contributed by atoms with Crippen molar-refractivity contribution in [2.45, 2.75) is 12.2 Å². The minimum Gasteiger partial charge on any atom is -0.467 e. The van der Waals surface area contributed by atoms with Gasteiger partial charge in [0.25, 0.3) is 0 Å². The van der Waals surface area contributed by atoms with Crippen molar-refractivity contribution in [2.75, 3.05) is 7.11 Å². The van der Waals surface area contributed by atoms with E-state index in [0.29, 0.717) is 4.88 Å². The van der Waals surface area contributed by atoms with Crippen LogP contribution < -0.4 is 0 Å². The summed E-state index contributed by atoms with van der Waals surface area (Å²) >= 11 is 4.45. The molecular formula is C8H9BrO4S. The second-order valence-electron chi connectivity index (χ2n) is 2.58. The van der Waals surface area contributed by atoms with E-state index in [1.54, 1.807) is 11.4 Å². The predicted molar refractivity (Wildman–Crippen MR) is 55.0 cm³/mol. The zero-order valence-electron chi connectivity index (χ0n) is 7.31. The molecule has 4 nitrogen and oxygen atoms in total. The van der Waals surface area contributed by atoms with E-state index in [-0.39, 0.29) is 0 Å². The highest BCUT2D eigenvalue weighted by atomic mass is 79.9. The molecule has 0 aromatic carbocycles. The van der Waals surface area contributed by atoms with E-state index in [4.69, 9.17) is 0 Å². The number of carbonyl (C=O) groups is 1. The van der Waals surface area contributed by atoms with Gasteiger partial charge in [-0.3, -0.25) is 0 Å². The smallest absolute Gasteiger partial charge is 0.337 e. The van der Waals surface area contributed by atoms with Crippen molar-refractivity contribution < 1.29 is 19.7 Å². The number of hydrogen-bond acceptors (Lipinski definition) is 5. The molecule has 2 unspecified atom stereocenters. The molecule has 6 heteroatoms. The van der Waals surface area contributed by atoms with E-state index in [0.717, 1.165) is 11.6 Å². The number of ether oxygens (including phenoxy) is 1. The highest BCUT2D eigenvalue weighted by Crippen LogP contribution is 2.27. The van der Waals surface area contributed by atoms with Crippen LogP contribution in [0.2, 0.25) is 0 Å². The highest BCUT2D eigenvalue weighted by Gasteiger charge is 2.27. The third-order valence-corrected chi connectivity index (χ3v) is 3.39. The van der Waals surface area contributed by atoms with E-state index in [1.807, 2.05) is 0 Å². The molecule has 1 heterocycles. The summed E-state index contributed by atoms with van der Waals surface area (Å²) in [7, 11) is 1.16. The van der Waals surface area contributed by atoms with Gasteiger partial charge in [0.15, 0.2) is 6.10 Å². The van der Waals surface area contributed by atoms with Gasteiger partial charge in [-0.1, -0.05) is 0 Å². The van der Waals surface area contributed by atoms with Crippen molar-refractivity contribution in [3.63, 3.8) is 0 Å². The minimum atomic E-state index is -1.54. The van der Waals surface area contributed by atoms with Gasteiger partial charge in [0.2, 0.25) is 0 Å². The molecule has 0 radical (unpaired) electrons. The van der Waals surface area contributed by atoms with Crippen LogP contribution in [-0.2, 0) is 9.53 Å². The second kappa shape index (κ2) is 4.88. The first-order chi connectivity index (χ1) is 6.56. The van der Waals surface area contributed by atoms with Crippen LogP contribution in [0.3, 0.4) is 0 Å². The number of thiophene rings is 1. The molecule has 0 bridgehead atoms. The van der Waals surface area contributed by atoms with Gasteiger partial charge in [0.1, 0.15) is 6.10 Å². The van der Waals surface area contributed by atoms with Crippen LogP contribution in [-0.4, -0.2) is 29.4 Å². The fraction of sp³-hybridized carbons (Fsp3) is 0.375. The second-order valence-corrected chi connectivity index (χ2v) is 4.44. The lowest BCUT2D eigenvalue weighted by molar-refractivity contribution is -0.156. The summed E-state index contributed by atoms with van der Waals surface area (Å²) in [5, 5.41) is 20.6. The number of rotatable bonds is 3. The van der Waals surface area contributed by atoms with E-state index < -0.39 is 18.2 Å². The average molecular weight is 281 g/mol. The molecule has 1 aromatic rings. The Kier molecular flexibility index (Phi) is 4.06. The molecule has 0 saturated carbocycles. The van der Waals surface area contributed by atoms with Crippen molar-refractivity contribution in [1.29, 1.82) is 0 Å². The van der Waals surface area contributed by atoms with Crippen molar-refractivity contribution in [3.8, 4) is 0 Å². The lowest BCUT2D eigenvalue weighted by Gasteiger charge is -2.13. The monoisotopic (exact) mass is 280 g/mol. The number of aliphatic hydroxyl groups is 2. The third-order valence-electron chi connectivity index (χ3n) is 1.62. The molecule has 0 amide bonds. The van der Waals surface area contributed by atoms with Crippen molar-refractivity contribution in [1.82, 2.24) is 0 Å². The van der Waals surface area contributed by atoms with Crippen molar-refractivity contribution in [2.24, 2.45) is 0 Å². The Balaban J connectivity index is 2.74. The van der Waals surface area contributed by atoms with Crippen molar-refractivity contribution in [3.05, 3.63) is 20.8 Å². The van der Waals surface area contributed by atoms with Gasteiger partial charge in [-0.15, -0.1) is 11.3 Å². The molecule has 1 aromatic heterocycles. The summed E-state index contributed by atoms with van der Waals surface area (Å²) in [6.07, 6.45) is -2.77. The molecule has 0 spiro atoms. The third kappa shape index (κ3) is 2.54. The number of hydrogen-bond donors (Lipinski definition) is 2. The van der Waals surface area contributed by atoms with Crippen LogP contribution in [0.4, 0.5) is 0 Å². The van der Waals surface area contributed by atoms with Crippen molar-refractivity contribution >= 4 is 33.2 Å². The molecule has 14 heavy (non-hydrogen) atoms. The summed E-state index contributed by atoms with van der Waals surface area (Å²) in [6.45, 7) is 0. The van der Waals surface area contributed by atoms with Gasteiger partial charge in [-0.05, 0) is 22.0 Å². The molecule has 2 N–H and O–H groups in total. The summed E-state index contributed by atoms with van der Waals surface area (Å²) in [5.74, 6) is -0.845. The Hall–Kier alpha value is -0.430. The van der Waals surface area contributed by atoms with Gasteiger partial charge in [0.05, 0.1) is 7.11 Å². The maximum atomic E-state index is 10.9. The molecule has 78 valence electrons. The number of methoxy groups -OCH3 is 1. The summed E-state index contributed by atoms with van der Waals surface area (Å²) in [4.78, 5) is 11.4. The number of esters is 1. The van der Waals surface area contributed by atoms with Gasteiger partial charge < -0.3 is 14.9 Å². The minimum absolute atomic E-state index is 0.509. The standard InChI is InChI=1S/C8H9BrO4S/c1-13-8(12)7(11)6(10)5-2-4(9)3-14-5/h2-3,6-7,10-11H,1H3. The van der Waals surface area contributed by atoms with Gasteiger partial charge in [-0.2, -0.15) is 0 Å². The molecule has 2 atom stereocenters. The van der Waals surface area contributed by atoms with Crippen LogP contribution >= 0.6 is 27.3 Å². The topological polar surface area (TPSA) is 66.8 Å². The first-order valence-corrected chi connectivity index (χ1v) is 5.41. The average Bonchev–Trinajstić information content (AvgIpc) is 2.61. The maximum Gasteiger partial charge on any atom is 0.337 e. The summed E-state index contributed by atoms with van der Waals surface area (Å²) < 4.78 is 5.11. The fourth-order valence-corrected chi connectivity index (χ4v) is 2.35. The van der Waals surface area contributed by atoms with Gasteiger partial charge in [0, 0.05) is 14.7 Å². The maximum absolute atomic E-state index is 10.9. The van der Waals surface area contributed by atoms with Gasteiger partial charge in [-0.25, -0.2) is 4.79 Å². The van der Waals surface area contributed by atoms with E-state index in [9.17, 15) is 15.0 Å². The zero-order valence-corrected chi connectivity index (χ0v) is 9.71. The molecule has 1 rings (SSSR count). The number of halogens is 1. The van der Waals surface area contributed by atoms with Gasteiger partial charge >= 0.3 is 5.97 Å². The Bertz CT molecular complexity index is 325. The largest absolute Gasteiger partial charge is 0.467 e. The van der Waals surface area contributed by atoms with Crippen LogP contribution in [0.1, 0.15) is 11.0 Å². The Labute approximate surface area is 93.3 Å². The number of carbonyl (C=O) groups excluding carboxylic acids is 1. The number of aliphatic hydroxyl groups excluding tert-OH is 2. The van der Waals surface area contributed by atoms with Crippen LogP contribution in [0.25, 0.3) is 0 Å². The summed E-state index contributed by atoms with van der Waals surface area (Å²) in [6, 6.07) is 1.64. The Morgan fingerprint density at radius 2 is 2.29 bits per heavy atom. The molecule has 0 aliphatic rings. The molecule has 0 aliphatic heterocycles. The first kappa shape index (κ1) is 11.6.